The fourth-order valence-electron chi connectivity index (χ4n) is 7.38. The van der Waals surface area contributed by atoms with Gasteiger partial charge in [0.25, 0.3) is 5.91 Å². The summed E-state index contributed by atoms with van der Waals surface area (Å²) < 4.78 is 0. The molecule has 0 fully saturated rings. The van der Waals surface area contributed by atoms with Crippen molar-refractivity contribution >= 4 is 46.7 Å². The number of nitrogens with zero attached hydrogens (tertiary/aromatic N) is 4. The summed E-state index contributed by atoms with van der Waals surface area (Å²) in [7, 11) is 0. The maximum atomic E-state index is 12.6. The number of guanidine groups is 1. The number of amides is 2. The van der Waals surface area contributed by atoms with Gasteiger partial charge >= 0.3 is 0 Å². The van der Waals surface area contributed by atoms with Crippen LogP contribution in [0, 0.1) is 0 Å². The number of aliphatic hydroxyl groups excluding tert-OH is 10. The lowest BCUT2D eigenvalue weighted by atomic mass is 10.00. The van der Waals surface area contributed by atoms with Crippen molar-refractivity contribution in [3.8, 4) is 11.1 Å². The van der Waals surface area contributed by atoms with Crippen molar-refractivity contribution in [3.63, 3.8) is 0 Å². The minimum Gasteiger partial charge on any atom is -0.394 e. The second kappa shape index (κ2) is 29.7. The molecular weight excluding hydrogens is 944 g/mol. The molecule has 1 aromatic heterocycles. The van der Waals surface area contributed by atoms with Crippen molar-refractivity contribution in [2.45, 2.75) is 93.8 Å². The first-order valence-electron chi connectivity index (χ1n) is 23.3. The van der Waals surface area contributed by atoms with E-state index in [1.165, 1.54) is 10.5 Å². The lowest BCUT2D eigenvalue weighted by Gasteiger charge is -2.33. The minimum absolute atomic E-state index is 0.0687. The molecule has 23 heteroatoms. The monoisotopic (exact) mass is 1010 g/mol. The van der Waals surface area contributed by atoms with Crippen LogP contribution >= 0.6 is 11.6 Å². The smallest absolute Gasteiger partial charge is 0.280 e. The molecule has 71 heavy (non-hydrogen) atoms. The normalized spacial score (nSPS) is 15.3. The summed E-state index contributed by atoms with van der Waals surface area (Å²) >= 11 is 5.84. The standard InChI is InChI=1S/C48H69ClN10O12/c49-44-46(51)57-45(50)39(56-44)47(71)58-48(52)54-20-2-1-5-28-8-14-31(15-9-28)32-16-10-29(11-17-32)6-3-21-53-38(66)23-55-33-18-12-30(13-19-33)7-4-22-59(24-34(62)40(67)42(69)36(64)26-60)25-35(63)41(68)43(70)37(65)27-61/h8-19,34-37,40-43,55,60-65,67-70H,1-7,20-27H2,(H,53,66)(H4,50,51,57)(H3,52,54,58,71)/t34-,35+,36+,37-,40+,41-,42+,43-. The average molecular weight is 1010 g/mol. The lowest BCUT2D eigenvalue weighted by Crippen LogP contribution is -2.53. The van der Waals surface area contributed by atoms with Crippen molar-refractivity contribution in [3.05, 3.63) is 100 Å². The fourth-order valence-corrected chi connectivity index (χ4v) is 7.51. The first-order chi connectivity index (χ1) is 33.9. The van der Waals surface area contributed by atoms with Crippen LogP contribution in [0.2, 0.25) is 5.15 Å². The van der Waals surface area contributed by atoms with E-state index in [-0.39, 0.29) is 60.5 Å². The largest absolute Gasteiger partial charge is 0.394 e. The molecule has 1 heterocycles. The zero-order valence-corrected chi connectivity index (χ0v) is 40.1. The zero-order valence-electron chi connectivity index (χ0n) is 39.3. The highest BCUT2D eigenvalue weighted by Gasteiger charge is 2.34. The number of nitrogen functional groups attached to an aromatic ring is 2. The molecule has 19 N–H and O–H groups in total. The summed E-state index contributed by atoms with van der Waals surface area (Å²) in [5, 5.41) is 108. The summed E-state index contributed by atoms with van der Waals surface area (Å²) in [5.41, 5.74) is 23.1. The van der Waals surface area contributed by atoms with E-state index in [9.17, 15) is 50.4 Å². The summed E-state index contributed by atoms with van der Waals surface area (Å²) in [5.74, 6) is -1.18. The van der Waals surface area contributed by atoms with Gasteiger partial charge in [-0.1, -0.05) is 72.3 Å². The van der Waals surface area contributed by atoms with Gasteiger partial charge in [0.2, 0.25) is 5.91 Å². The third kappa shape index (κ3) is 19.2. The molecule has 0 aliphatic carbocycles. The fraction of sp³-hybridized carbons (Fsp3) is 0.479. The van der Waals surface area contributed by atoms with Gasteiger partial charge < -0.3 is 78.9 Å². The van der Waals surface area contributed by atoms with Crippen molar-refractivity contribution in [1.82, 2.24) is 25.5 Å². The molecule has 0 saturated carbocycles. The average Bonchev–Trinajstić information content (AvgIpc) is 3.37. The van der Waals surface area contributed by atoms with Gasteiger partial charge in [-0.2, -0.15) is 0 Å². The van der Waals surface area contributed by atoms with E-state index in [2.05, 4.69) is 79.4 Å². The number of halogens is 1. The number of benzene rings is 3. The molecule has 4 rings (SSSR count). The molecule has 0 spiro atoms. The van der Waals surface area contributed by atoms with Crippen molar-refractivity contribution in [2.24, 2.45) is 10.7 Å². The number of carbonyl (C=O) groups excluding carboxylic acids is 2. The van der Waals surface area contributed by atoms with Gasteiger partial charge in [0.05, 0.1) is 32.0 Å². The second-order valence-corrected chi connectivity index (χ2v) is 17.5. The number of aliphatic imine (C=N–C) groups is 1. The second-order valence-electron chi connectivity index (χ2n) is 17.2. The Morgan fingerprint density at radius 2 is 1.11 bits per heavy atom. The Kier molecular flexibility index (Phi) is 24.2. The van der Waals surface area contributed by atoms with Crippen molar-refractivity contribution in [2.75, 3.05) is 69.3 Å². The molecule has 0 saturated heterocycles. The summed E-state index contributed by atoms with van der Waals surface area (Å²) in [6.45, 7) is -1.24. The number of nitrogens with one attached hydrogen (secondary N) is 3. The Morgan fingerprint density at radius 1 is 0.634 bits per heavy atom. The molecule has 390 valence electrons. The van der Waals surface area contributed by atoms with E-state index in [1.54, 1.807) is 0 Å². The number of aliphatic hydroxyl groups is 10. The molecule has 8 atom stereocenters. The van der Waals surface area contributed by atoms with E-state index in [4.69, 9.17) is 39.0 Å². The van der Waals surface area contributed by atoms with Gasteiger partial charge in [-0.25, -0.2) is 9.97 Å². The predicted octanol–water partition coefficient (Wildman–Crippen LogP) is -1.70. The van der Waals surface area contributed by atoms with Crippen LogP contribution in [0.3, 0.4) is 0 Å². The van der Waals surface area contributed by atoms with E-state index in [0.29, 0.717) is 25.9 Å². The molecule has 22 nitrogen and oxygen atoms in total. The number of hydrogen-bond acceptors (Lipinski definition) is 19. The summed E-state index contributed by atoms with van der Waals surface area (Å²) in [4.78, 5) is 38.3. The Morgan fingerprint density at radius 3 is 1.63 bits per heavy atom. The zero-order chi connectivity index (χ0) is 52.0. The first-order valence-corrected chi connectivity index (χ1v) is 23.6. The highest BCUT2D eigenvalue weighted by atomic mass is 35.5. The number of hydrogen-bond donors (Lipinski definition) is 16. The highest BCUT2D eigenvalue weighted by Crippen LogP contribution is 2.22. The number of carbonyl (C=O) groups is 2. The van der Waals surface area contributed by atoms with Crippen LogP contribution < -0.4 is 33.2 Å². The third-order valence-electron chi connectivity index (χ3n) is 11.6. The summed E-state index contributed by atoms with van der Waals surface area (Å²) in [6, 6.07) is 24.1. The molecule has 0 bridgehead atoms. The number of aryl methyl sites for hydroxylation is 3. The van der Waals surface area contributed by atoms with Crippen LogP contribution in [0.4, 0.5) is 17.3 Å². The first kappa shape index (κ1) is 58.0. The number of anilines is 3. The van der Waals surface area contributed by atoms with Crippen molar-refractivity contribution < 1.29 is 60.7 Å². The molecule has 0 aliphatic heterocycles. The van der Waals surface area contributed by atoms with E-state index < -0.39 is 68.0 Å². The molecule has 0 aliphatic rings. The van der Waals surface area contributed by atoms with Gasteiger partial charge in [0, 0.05) is 31.9 Å². The molecule has 0 radical (unpaired) electrons. The Labute approximate surface area is 416 Å². The van der Waals surface area contributed by atoms with Crippen LogP contribution in [0.5, 0.6) is 0 Å². The van der Waals surface area contributed by atoms with Gasteiger partial charge in [-0.15, -0.1) is 0 Å². The molecule has 4 aromatic rings. The van der Waals surface area contributed by atoms with Crippen LogP contribution in [0.15, 0.2) is 77.8 Å². The topological polar surface area (TPSA) is 392 Å². The van der Waals surface area contributed by atoms with Crippen LogP contribution in [-0.2, 0) is 24.1 Å². The van der Waals surface area contributed by atoms with E-state index >= 15 is 0 Å². The minimum atomic E-state index is -1.87. The predicted molar refractivity (Wildman–Crippen MR) is 268 cm³/mol. The van der Waals surface area contributed by atoms with Gasteiger partial charge in [0.15, 0.2) is 28.4 Å². The SMILES string of the molecule is NC(=NCCCCc1ccc(-c2ccc(CCCNC(=O)CNc3ccc(CCCN(C[C@@H](O)[C@H](O)[C@@H](O)[C@@H](O)CO)C[C@H](O)[C@@H](O)[C@H](O)[C@H](O)CO)cc3)cc2)cc1)NC(=O)c1nc(Cl)c(N)nc1N. The van der Waals surface area contributed by atoms with E-state index in [0.717, 1.165) is 60.0 Å². The molecule has 3 aromatic carbocycles. The molecule has 2 amide bonds. The van der Waals surface area contributed by atoms with Crippen LogP contribution in [0.1, 0.15) is 52.9 Å². The lowest BCUT2D eigenvalue weighted by molar-refractivity contribution is -0.130. The molecular formula is C48H69ClN10O12. The number of nitrogens with two attached hydrogens (primary N) is 3. The number of aromatic nitrogens is 2. The van der Waals surface area contributed by atoms with Crippen molar-refractivity contribution in [1.29, 1.82) is 0 Å². The van der Waals surface area contributed by atoms with Gasteiger partial charge in [-0.3, -0.25) is 24.8 Å². The van der Waals surface area contributed by atoms with Gasteiger partial charge in [-0.05, 0) is 91.4 Å². The maximum Gasteiger partial charge on any atom is 0.280 e. The third-order valence-corrected chi connectivity index (χ3v) is 11.9. The van der Waals surface area contributed by atoms with E-state index in [1.807, 2.05) is 24.3 Å². The van der Waals surface area contributed by atoms with Gasteiger partial charge in [0.1, 0.15) is 36.6 Å². The maximum absolute atomic E-state index is 12.6. The Bertz CT molecular complexity index is 2240. The Hall–Kier alpha value is -5.60. The van der Waals surface area contributed by atoms with Crippen LogP contribution in [0.25, 0.3) is 11.1 Å². The Balaban J connectivity index is 1.12. The number of unbranched alkanes of at least 4 members (excludes halogenated alkanes) is 1. The number of rotatable bonds is 30. The van der Waals surface area contributed by atoms with Crippen LogP contribution in [-0.4, -0.2) is 185 Å². The quantitative estimate of drug-likeness (QED) is 0.0157. The summed E-state index contributed by atoms with van der Waals surface area (Å²) in [6.07, 6.45) is -9.26. The molecule has 0 unspecified atom stereocenters. The highest BCUT2D eigenvalue weighted by molar-refractivity contribution is 6.31.